The number of carbonyl (C=O) groups excluding carboxylic acids is 1. The number of carbonyl (C=O) groups is 1. The Morgan fingerprint density at radius 2 is 1.81 bits per heavy atom. The number of aryl methyl sites for hydroxylation is 2. The Labute approximate surface area is 155 Å². The zero-order chi connectivity index (χ0) is 18.4. The van der Waals surface area contributed by atoms with Crippen LogP contribution in [0.1, 0.15) is 30.0 Å². The van der Waals surface area contributed by atoms with Crippen LogP contribution < -0.4 is 5.32 Å². The van der Waals surface area contributed by atoms with Crippen LogP contribution in [0.25, 0.3) is 10.9 Å². The van der Waals surface area contributed by atoms with Crippen molar-refractivity contribution in [3.63, 3.8) is 0 Å². The highest BCUT2D eigenvalue weighted by Crippen LogP contribution is 2.18. The third-order valence-corrected chi connectivity index (χ3v) is 4.77. The zero-order valence-electron chi connectivity index (χ0n) is 15.6. The van der Waals surface area contributed by atoms with Crippen LogP contribution in [0.4, 0.5) is 4.79 Å². The Hall–Kier alpha value is -2.75. The summed E-state index contributed by atoms with van der Waals surface area (Å²) in [6.07, 6.45) is 4.98. The maximum atomic E-state index is 12.3. The van der Waals surface area contributed by atoms with E-state index in [9.17, 15) is 4.79 Å². The van der Waals surface area contributed by atoms with E-state index < -0.39 is 0 Å². The molecular formula is C22H27N3O. The van der Waals surface area contributed by atoms with Crippen molar-refractivity contribution in [3.05, 3.63) is 71.4 Å². The van der Waals surface area contributed by atoms with Gasteiger partial charge in [-0.3, -0.25) is 0 Å². The molecule has 0 aliphatic rings. The summed E-state index contributed by atoms with van der Waals surface area (Å²) in [6.45, 7) is 3.45. The van der Waals surface area contributed by atoms with Crippen molar-refractivity contribution in [3.8, 4) is 0 Å². The third-order valence-electron chi connectivity index (χ3n) is 4.77. The van der Waals surface area contributed by atoms with Crippen molar-refractivity contribution in [1.82, 2.24) is 15.2 Å². The SMILES string of the molecule is CCc1ccc(CN(C)C(=O)NCCCc2c[nH]c3ccccc23)cc1. The van der Waals surface area contributed by atoms with Crippen molar-refractivity contribution in [2.75, 3.05) is 13.6 Å². The molecule has 0 radical (unpaired) electrons. The van der Waals surface area contributed by atoms with Gasteiger partial charge in [-0.2, -0.15) is 0 Å². The number of aromatic nitrogens is 1. The number of benzene rings is 2. The second-order valence-corrected chi connectivity index (χ2v) is 6.72. The second-order valence-electron chi connectivity index (χ2n) is 6.72. The molecule has 4 heteroatoms. The van der Waals surface area contributed by atoms with Gasteiger partial charge in [0.25, 0.3) is 0 Å². The van der Waals surface area contributed by atoms with Gasteiger partial charge in [-0.25, -0.2) is 4.79 Å². The number of rotatable bonds is 7. The van der Waals surface area contributed by atoms with E-state index in [-0.39, 0.29) is 6.03 Å². The average Bonchev–Trinajstić information content (AvgIpc) is 3.09. The lowest BCUT2D eigenvalue weighted by molar-refractivity contribution is 0.207. The first-order valence-corrected chi connectivity index (χ1v) is 9.29. The van der Waals surface area contributed by atoms with Crippen molar-refractivity contribution >= 4 is 16.9 Å². The largest absolute Gasteiger partial charge is 0.361 e. The number of hydrogen-bond donors (Lipinski definition) is 2. The van der Waals surface area contributed by atoms with Crippen molar-refractivity contribution in [2.24, 2.45) is 0 Å². The minimum Gasteiger partial charge on any atom is -0.361 e. The smallest absolute Gasteiger partial charge is 0.317 e. The van der Waals surface area contributed by atoms with E-state index in [0.717, 1.165) is 24.8 Å². The minimum absolute atomic E-state index is 0.0245. The van der Waals surface area contributed by atoms with Gasteiger partial charge < -0.3 is 15.2 Å². The van der Waals surface area contributed by atoms with E-state index in [1.807, 2.05) is 13.1 Å². The third kappa shape index (κ3) is 4.45. The van der Waals surface area contributed by atoms with E-state index in [1.54, 1.807) is 4.90 Å². The number of urea groups is 1. The van der Waals surface area contributed by atoms with Crippen LogP contribution in [0.3, 0.4) is 0 Å². The molecule has 0 saturated carbocycles. The van der Waals surface area contributed by atoms with Gasteiger partial charge in [0.05, 0.1) is 0 Å². The molecule has 4 nitrogen and oxygen atoms in total. The molecule has 2 amide bonds. The Morgan fingerprint density at radius 3 is 2.58 bits per heavy atom. The van der Waals surface area contributed by atoms with Crippen molar-refractivity contribution < 1.29 is 4.79 Å². The van der Waals surface area contributed by atoms with Gasteiger partial charge in [-0.1, -0.05) is 49.4 Å². The topological polar surface area (TPSA) is 48.1 Å². The molecule has 2 aromatic carbocycles. The van der Waals surface area contributed by atoms with Gasteiger partial charge in [0.15, 0.2) is 0 Å². The molecule has 0 aliphatic carbocycles. The number of aromatic amines is 1. The average molecular weight is 349 g/mol. The summed E-state index contributed by atoms with van der Waals surface area (Å²) in [5.41, 5.74) is 4.94. The highest BCUT2D eigenvalue weighted by molar-refractivity contribution is 5.83. The molecule has 0 unspecified atom stereocenters. The monoisotopic (exact) mass is 349 g/mol. The van der Waals surface area contributed by atoms with Crippen molar-refractivity contribution in [1.29, 1.82) is 0 Å². The van der Waals surface area contributed by atoms with Crippen molar-refractivity contribution in [2.45, 2.75) is 32.7 Å². The molecular weight excluding hydrogens is 322 g/mol. The molecule has 0 spiro atoms. The normalized spacial score (nSPS) is 10.8. The molecule has 1 heterocycles. The number of amides is 2. The number of H-pyrrole nitrogens is 1. The number of para-hydroxylation sites is 1. The van der Waals surface area contributed by atoms with Gasteiger partial charge in [0, 0.05) is 37.2 Å². The fraction of sp³-hybridized carbons (Fsp3) is 0.318. The zero-order valence-corrected chi connectivity index (χ0v) is 15.6. The molecule has 3 aromatic rings. The van der Waals surface area contributed by atoms with Crippen LogP contribution in [0.15, 0.2) is 54.7 Å². The van der Waals surface area contributed by atoms with Crippen LogP contribution >= 0.6 is 0 Å². The molecule has 26 heavy (non-hydrogen) atoms. The fourth-order valence-corrected chi connectivity index (χ4v) is 3.17. The Bertz CT molecular complexity index is 851. The van der Waals surface area contributed by atoms with E-state index in [1.165, 1.54) is 22.0 Å². The predicted octanol–water partition coefficient (Wildman–Crippen LogP) is 4.50. The lowest BCUT2D eigenvalue weighted by atomic mass is 10.1. The van der Waals surface area contributed by atoms with Gasteiger partial charge in [0.1, 0.15) is 0 Å². The van der Waals surface area contributed by atoms with Crippen LogP contribution in [0, 0.1) is 0 Å². The minimum atomic E-state index is -0.0245. The first-order valence-electron chi connectivity index (χ1n) is 9.29. The summed E-state index contributed by atoms with van der Waals surface area (Å²) in [5.74, 6) is 0. The maximum absolute atomic E-state index is 12.3. The Balaban J connectivity index is 1.43. The molecule has 0 atom stereocenters. The van der Waals surface area contributed by atoms with Crippen LogP contribution in [-0.2, 0) is 19.4 Å². The first-order chi connectivity index (χ1) is 12.7. The molecule has 0 aliphatic heterocycles. The molecule has 0 fully saturated rings. The standard InChI is InChI=1S/C22H27N3O/c1-3-17-10-12-18(13-11-17)16-25(2)22(26)23-14-6-7-19-15-24-21-9-5-4-8-20(19)21/h4-5,8-13,15,24H,3,6-7,14,16H2,1-2H3,(H,23,26). The van der Waals surface area contributed by atoms with E-state index in [2.05, 4.69) is 65.9 Å². The lowest BCUT2D eigenvalue weighted by Crippen LogP contribution is -2.37. The summed E-state index contributed by atoms with van der Waals surface area (Å²) in [7, 11) is 1.84. The molecule has 0 bridgehead atoms. The predicted molar refractivity (Wildman–Crippen MR) is 107 cm³/mol. The van der Waals surface area contributed by atoms with E-state index >= 15 is 0 Å². The summed E-state index contributed by atoms with van der Waals surface area (Å²) in [5, 5.41) is 4.28. The van der Waals surface area contributed by atoms with Crippen LogP contribution in [-0.4, -0.2) is 29.5 Å². The number of fused-ring (bicyclic) bond motifs is 1. The number of nitrogens with one attached hydrogen (secondary N) is 2. The van der Waals surface area contributed by atoms with Gasteiger partial charge in [-0.05, 0) is 42.0 Å². The molecule has 2 N–H and O–H groups in total. The van der Waals surface area contributed by atoms with E-state index in [0.29, 0.717) is 13.1 Å². The molecule has 1 aromatic heterocycles. The highest BCUT2D eigenvalue weighted by Gasteiger charge is 2.09. The lowest BCUT2D eigenvalue weighted by Gasteiger charge is -2.18. The van der Waals surface area contributed by atoms with Crippen LogP contribution in [0.2, 0.25) is 0 Å². The molecule has 3 rings (SSSR count). The second kappa shape index (κ2) is 8.56. The fourth-order valence-electron chi connectivity index (χ4n) is 3.17. The van der Waals surface area contributed by atoms with Crippen LogP contribution in [0.5, 0.6) is 0 Å². The highest BCUT2D eigenvalue weighted by atomic mass is 16.2. The van der Waals surface area contributed by atoms with Gasteiger partial charge >= 0.3 is 6.03 Å². The first kappa shape index (κ1) is 18.1. The Morgan fingerprint density at radius 1 is 1.08 bits per heavy atom. The molecule has 136 valence electrons. The maximum Gasteiger partial charge on any atom is 0.317 e. The quantitative estimate of drug-likeness (QED) is 0.606. The van der Waals surface area contributed by atoms with E-state index in [4.69, 9.17) is 0 Å². The summed E-state index contributed by atoms with van der Waals surface area (Å²) in [4.78, 5) is 17.3. The summed E-state index contributed by atoms with van der Waals surface area (Å²) >= 11 is 0. The van der Waals surface area contributed by atoms with Gasteiger partial charge in [-0.15, -0.1) is 0 Å². The number of nitrogens with zero attached hydrogens (tertiary/aromatic N) is 1. The summed E-state index contributed by atoms with van der Waals surface area (Å²) in [6, 6.07) is 16.7. The number of hydrogen-bond acceptors (Lipinski definition) is 1. The summed E-state index contributed by atoms with van der Waals surface area (Å²) < 4.78 is 0. The Kier molecular flexibility index (Phi) is 5.95. The van der Waals surface area contributed by atoms with Gasteiger partial charge in [0.2, 0.25) is 0 Å². The molecule has 0 saturated heterocycles.